The van der Waals surface area contributed by atoms with Crippen LogP contribution in [0.2, 0.25) is 0 Å². The van der Waals surface area contributed by atoms with Gasteiger partial charge in [-0.05, 0) is 6.92 Å². The first-order valence-electron chi connectivity index (χ1n) is 3.60. The molecule has 0 atom stereocenters. The second-order valence-electron chi connectivity index (χ2n) is 2.12. The third-order valence-corrected chi connectivity index (χ3v) is 2.00. The van der Waals surface area contributed by atoms with Gasteiger partial charge in [-0.1, -0.05) is 0 Å². The van der Waals surface area contributed by atoms with Crippen LogP contribution in [0.5, 0.6) is 0 Å². The highest BCUT2D eigenvalue weighted by molar-refractivity contribution is 7.13. The molecule has 0 radical (unpaired) electrons. The highest BCUT2D eigenvalue weighted by atomic mass is 32.1. The molecule has 0 aliphatic rings. The molecule has 62 valence electrons. The van der Waals surface area contributed by atoms with Gasteiger partial charge in [0.1, 0.15) is 0 Å². The summed E-state index contributed by atoms with van der Waals surface area (Å²) in [6, 6.07) is 0. The maximum atomic E-state index is 5.45. The van der Waals surface area contributed by atoms with Crippen LogP contribution in [0.4, 0.5) is 5.13 Å². The van der Waals surface area contributed by atoms with Gasteiger partial charge < -0.3 is 10.5 Å². The second kappa shape index (κ2) is 4.31. The average molecular weight is 172 g/mol. The van der Waals surface area contributed by atoms with Crippen molar-refractivity contribution in [2.75, 3.05) is 18.9 Å². The molecule has 3 nitrogen and oxygen atoms in total. The molecule has 0 aliphatic carbocycles. The van der Waals surface area contributed by atoms with Crippen LogP contribution in [0, 0.1) is 0 Å². The lowest BCUT2D eigenvalue weighted by atomic mass is 10.4. The highest BCUT2D eigenvalue weighted by Gasteiger charge is 1.96. The summed E-state index contributed by atoms with van der Waals surface area (Å²) in [5.74, 6) is 0. The van der Waals surface area contributed by atoms with E-state index in [9.17, 15) is 0 Å². The molecule has 0 spiro atoms. The van der Waals surface area contributed by atoms with E-state index in [0.29, 0.717) is 5.13 Å². The Hall–Kier alpha value is -0.610. The van der Waals surface area contributed by atoms with E-state index in [0.717, 1.165) is 25.3 Å². The number of nitrogen functional groups attached to an aromatic ring is 1. The van der Waals surface area contributed by atoms with Crippen molar-refractivity contribution in [3.63, 3.8) is 0 Å². The Bertz CT molecular complexity index is 212. The molecule has 0 bridgehead atoms. The van der Waals surface area contributed by atoms with E-state index in [1.165, 1.54) is 11.3 Å². The minimum absolute atomic E-state index is 0.636. The summed E-state index contributed by atoms with van der Waals surface area (Å²) in [7, 11) is 0. The molecule has 1 aromatic heterocycles. The highest BCUT2D eigenvalue weighted by Crippen LogP contribution is 2.10. The molecule has 1 heterocycles. The Morgan fingerprint density at radius 3 is 3.09 bits per heavy atom. The number of thiazole rings is 1. The Labute approximate surface area is 70.2 Å². The first-order valence-corrected chi connectivity index (χ1v) is 4.48. The van der Waals surface area contributed by atoms with E-state index < -0.39 is 0 Å². The van der Waals surface area contributed by atoms with Crippen molar-refractivity contribution in [3.05, 3.63) is 11.1 Å². The summed E-state index contributed by atoms with van der Waals surface area (Å²) in [4.78, 5) is 4.10. The first-order chi connectivity index (χ1) is 5.33. The lowest BCUT2D eigenvalue weighted by Crippen LogP contribution is -1.98. The molecular formula is C7H12N2OS. The van der Waals surface area contributed by atoms with Crippen molar-refractivity contribution in [3.8, 4) is 0 Å². The topological polar surface area (TPSA) is 48.1 Å². The van der Waals surface area contributed by atoms with Crippen molar-refractivity contribution >= 4 is 16.5 Å². The predicted octanol–water partition coefficient (Wildman–Crippen LogP) is 1.30. The van der Waals surface area contributed by atoms with Crippen molar-refractivity contribution in [2.24, 2.45) is 0 Å². The molecule has 4 heteroatoms. The molecule has 0 fully saturated rings. The van der Waals surface area contributed by atoms with Gasteiger partial charge >= 0.3 is 0 Å². The van der Waals surface area contributed by atoms with Gasteiger partial charge in [0.05, 0.1) is 12.3 Å². The van der Waals surface area contributed by atoms with Gasteiger partial charge in [-0.15, -0.1) is 11.3 Å². The summed E-state index contributed by atoms with van der Waals surface area (Å²) >= 11 is 1.47. The zero-order valence-corrected chi connectivity index (χ0v) is 7.36. The van der Waals surface area contributed by atoms with E-state index in [2.05, 4.69) is 4.98 Å². The number of nitrogens with two attached hydrogens (primary N) is 1. The van der Waals surface area contributed by atoms with Crippen molar-refractivity contribution in [1.82, 2.24) is 4.98 Å². The minimum Gasteiger partial charge on any atom is -0.381 e. The number of anilines is 1. The standard InChI is InChI=1S/C7H12N2OS/c1-2-10-4-3-6-5-11-7(8)9-6/h5H,2-4H2,1H3,(H2,8,9). The Balaban J connectivity index is 2.27. The monoisotopic (exact) mass is 172 g/mol. The number of rotatable bonds is 4. The third-order valence-electron chi connectivity index (χ3n) is 1.28. The van der Waals surface area contributed by atoms with Crippen LogP contribution in [0.1, 0.15) is 12.6 Å². The van der Waals surface area contributed by atoms with Crippen LogP contribution in [0.15, 0.2) is 5.38 Å². The van der Waals surface area contributed by atoms with Crippen LogP contribution in [-0.2, 0) is 11.2 Å². The zero-order valence-electron chi connectivity index (χ0n) is 6.54. The van der Waals surface area contributed by atoms with Gasteiger partial charge in [0.25, 0.3) is 0 Å². The molecule has 0 aliphatic heterocycles. The maximum Gasteiger partial charge on any atom is 0.180 e. The van der Waals surface area contributed by atoms with E-state index in [1.54, 1.807) is 0 Å². The number of aromatic nitrogens is 1. The third kappa shape index (κ3) is 2.86. The molecule has 0 aromatic carbocycles. The molecule has 1 rings (SSSR count). The van der Waals surface area contributed by atoms with Crippen LogP contribution >= 0.6 is 11.3 Å². The van der Waals surface area contributed by atoms with Gasteiger partial charge in [0.15, 0.2) is 5.13 Å². The summed E-state index contributed by atoms with van der Waals surface area (Å²) in [6.07, 6.45) is 0.863. The molecule has 0 saturated heterocycles. The van der Waals surface area contributed by atoms with Gasteiger partial charge in [0, 0.05) is 18.4 Å². The first kappa shape index (κ1) is 8.49. The lowest BCUT2D eigenvalue weighted by Gasteiger charge is -1.96. The molecule has 2 N–H and O–H groups in total. The van der Waals surface area contributed by atoms with Crippen molar-refractivity contribution < 1.29 is 4.74 Å². The van der Waals surface area contributed by atoms with E-state index in [-0.39, 0.29) is 0 Å². The smallest absolute Gasteiger partial charge is 0.180 e. The molecule has 1 aromatic rings. The predicted molar refractivity (Wildman–Crippen MR) is 46.7 cm³/mol. The Morgan fingerprint density at radius 1 is 1.73 bits per heavy atom. The summed E-state index contributed by atoms with van der Waals surface area (Å²) in [5, 5.41) is 2.60. The fraction of sp³-hybridized carbons (Fsp3) is 0.571. The van der Waals surface area contributed by atoms with Crippen LogP contribution in [-0.4, -0.2) is 18.2 Å². The van der Waals surface area contributed by atoms with Gasteiger partial charge in [-0.25, -0.2) is 4.98 Å². The second-order valence-corrected chi connectivity index (χ2v) is 3.01. The lowest BCUT2D eigenvalue weighted by molar-refractivity contribution is 0.150. The van der Waals surface area contributed by atoms with Gasteiger partial charge in [0.2, 0.25) is 0 Å². The van der Waals surface area contributed by atoms with Gasteiger partial charge in [-0.3, -0.25) is 0 Å². The number of hydrogen-bond donors (Lipinski definition) is 1. The number of nitrogens with zero attached hydrogens (tertiary/aromatic N) is 1. The molecular weight excluding hydrogens is 160 g/mol. The Morgan fingerprint density at radius 2 is 2.55 bits per heavy atom. The quantitative estimate of drug-likeness (QED) is 0.696. The molecule has 0 amide bonds. The van der Waals surface area contributed by atoms with Gasteiger partial charge in [-0.2, -0.15) is 0 Å². The zero-order chi connectivity index (χ0) is 8.10. The van der Waals surface area contributed by atoms with E-state index in [1.807, 2.05) is 12.3 Å². The maximum absolute atomic E-state index is 5.45. The summed E-state index contributed by atoms with van der Waals surface area (Å²) in [6.45, 7) is 3.48. The average Bonchev–Trinajstić information content (AvgIpc) is 2.37. The van der Waals surface area contributed by atoms with Crippen LogP contribution in [0.3, 0.4) is 0 Å². The van der Waals surface area contributed by atoms with E-state index in [4.69, 9.17) is 10.5 Å². The molecule has 11 heavy (non-hydrogen) atoms. The van der Waals surface area contributed by atoms with E-state index >= 15 is 0 Å². The summed E-state index contributed by atoms with van der Waals surface area (Å²) < 4.78 is 5.17. The van der Waals surface area contributed by atoms with Crippen LogP contribution < -0.4 is 5.73 Å². The SMILES string of the molecule is CCOCCc1csc(N)n1. The minimum atomic E-state index is 0.636. The molecule has 0 unspecified atom stereocenters. The number of hydrogen-bond acceptors (Lipinski definition) is 4. The summed E-state index contributed by atoms with van der Waals surface area (Å²) in [5.41, 5.74) is 6.48. The fourth-order valence-corrected chi connectivity index (χ4v) is 1.36. The molecule has 0 saturated carbocycles. The van der Waals surface area contributed by atoms with Crippen molar-refractivity contribution in [1.29, 1.82) is 0 Å². The Kier molecular flexibility index (Phi) is 3.32. The normalized spacial score (nSPS) is 10.3. The van der Waals surface area contributed by atoms with Crippen molar-refractivity contribution in [2.45, 2.75) is 13.3 Å². The largest absolute Gasteiger partial charge is 0.381 e. The number of ether oxygens (including phenoxy) is 1. The fourth-order valence-electron chi connectivity index (χ4n) is 0.759. The van der Waals surface area contributed by atoms with Crippen LogP contribution in [0.25, 0.3) is 0 Å².